The number of carbonyl (C=O) groups excluding carboxylic acids is 2. The molecule has 1 unspecified atom stereocenters. The third kappa shape index (κ3) is 5.76. The van der Waals surface area contributed by atoms with Crippen LogP contribution in [0.3, 0.4) is 0 Å². The number of ether oxygens (including phenoxy) is 1. The second-order valence-electron chi connectivity index (χ2n) is 6.49. The number of benzene rings is 2. The van der Waals surface area contributed by atoms with Crippen molar-refractivity contribution in [2.75, 3.05) is 17.2 Å². The highest BCUT2D eigenvalue weighted by molar-refractivity contribution is 8.00. The molecule has 3 rings (SSSR count). The quantitative estimate of drug-likeness (QED) is 0.655. The van der Waals surface area contributed by atoms with Crippen molar-refractivity contribution >= 4 is 35.0 Å². The third-order valence-corrected chi connectivity index (χ3v) is 5.30. The fourth-order valence-electron chi connectivity index (χ4n) is 2.51. The highest BCUT2D eigenvalue weighted by Crippen LogP contribution is 2.31. The summed E-state index contributed by atoms with van der Waals surface area (Å²) in [4.78, 5) is 25.2. The van der Waals surface area contributed by atoms with Gasteiger partial charge in [0.2, 0.25) is 11.8 Å². The predicted octanol–water partition coefficient (Wildman–Crippen LogP) is 4.55. The SMILES string of the molecule is CCOc1ccc(NC(=O)C(C)Sc2ccc(NC(=O)C3CC3)cc2)cc1. The number of amides is 2. The van der Waals surface area contributed by atoms with E-state index in [-0.39, 0.29) is 23.0 Å². The van der Waals surface area contributed by atoms with Gasteiger partial charge in [0, 0.05) is 22.2 Å². The first-order valence-corrected chi connectivity index (χ1v) is 10.0. The van der Waals surface area contributed by atoms with E-state index in [1.807, 2.05) is 62.4 Å². The van der Waals surface area contributed by atoms with Gasteiger partial charge in [0.25, 0.3) is 0 Å². The summed E-state index contributed by atoms with van der Waals surface area (Å²) >= 11 is 1.48. The molecule has 142 valence electrons. The van der Waals surface area contributed by atoms with Gasteiger partial charge in [-0.15, -0.1) is 11.8 Å². The summed E-state index contributed by atoms with van der Waals surface area (Å²) in [5, 5.41) is 5.58. The fraction of sp³-hybridized carbons (Fsp3) is 0.333. The summed E-state index contributed by atoms with van der Waals surface area (Å²) in [6, 6.07) is 14.9. The first kappa shape index (κ1) is 19.3. The Balaban J connectivity index is 1.50. The van der Waals surface area contributed by atoms with Crippen LogP contribution in [0, 0.1) is 5.92 Å². The van der Waals surface area contributed by atoms with Crippen LogP contribution >= 0.6 is 11.8 Å². The van der Waals surface area contributed by atoms with Gasteiger partial charge in [-0.05, 0) is 75.2 Å². The molecule has 2 amide bonds. The first-order chi connectivity index (χ1) is 13.0. The van der Waals surface area contributed by atoms with Crippen molar-refractivity contribution in [2.24, 2.45) is 5.92 Å². The molecule has 0 heterocycles. The standard InChI is InChI=1S/C21H24N2O3S/c1-3-26-18-10-6-16(7-11-18)22-20(24)14(2)27-19-12-8-17(9-13-19)23-21(25)15-4-5-15/h6-15H,3-5H2,1-2H3,(H,22,24)(H,23,25). The van der Waals surface area contributed by atoms with Crippen molar-refractivity contribution in [2.45, 2.75) is 36.8 Å². The van der Waals surface area contributed by atoms with Crippen molar-refractivity contribution < 1.29 is 14.3 Å². The lowest BCUT2D eigenvalue weighted by Crippen LogP contribution is -2.22. The Labute approximate surface area is 163 Å². The van der Waals surface area contributed by atoms with Crippen molar-refractivity contribution in [1.82, 2.24) is 0 Å². The third-order valence-electron chi connectivity index (χ3n) is 4.18. The zero-order chi connectivity index (χ0) is 19.2. The van der Waals surface area contributed by atoms with E-state index in [1.165, 1.54) is 11.8 Å². The molecule has 2 aromatic carbocycles. The summed E-state index contributed by atoms with van der Waals surface area (Å²) in [6.45, 7) is 4.42. The Morgan fingerprint density at radius 2 is 1.63 bits per heavy atom. The topological polar surface area (TPSA) is 67.4 Å². The van der Waals surface area contributed by atoms with Gasteiger partial charge < -0.3 is 15.4 Å². The molecule has 0 aliphatic heterocycles. The molecule has 2 N–H and O–H groups in total. The van der Waals surface area contributed by atoms with Crippen LogP contribution in [-0.2, 0) is 9.59 Å². The molecule has 5 nitrogen and oxygen atoms in total. The van der Waals surface area contributed by atoms with Crippen LogP contribution < -0.4 is 15.4 Å². The smallest absolute Gasteiger partial charge is 0.237 e. The first-order valence-electron chi connectivity index (χ1n) is 9.16. The van der Waals surface area contributed by atoms with E-state index in [1.54, 1.807) is 0 Å². The van der Waals surface area contributed by atoms with Crippen molar-refractivity contribution in [3.8, 4) is 5.75 Å². The van der Waals surface area contributed by atoms with E-state index in [2.05, 4.69) is 10.6 Å². The molecule has 0 saturated heterocycles. The molecule has 0 bridgehead atoms. The average molecular weight is 385 g/mol. The van der Waals surface area contributed by atoms with Gasteiger partial charge >= 0.3 is 0 Å². The lowest BCUT2D eigenvalue weighted by Gasteiger charge is -2.13. The normalized spacial score (nSPS) is 14.3. The minimum absolute atomic E-state index is 0.0599. The van der Waals surface area contributed by atoms with E-state index in [0.29, 0.717) is 6.61 Å². The summed E-state index contributed by atoms with van der Waals surface area (Å²) in [5.41, 5.74) is 1.54. The van der Waals surface area contributed by atoms with Crippen LogP contribution in [0.2, 0.25) is 0 Å². The average Bonchev–Trinajstić information content (AvgIpc) is 3.50. The van der Waals surface area contributed by atoms with Gasteiger partial charge in [0.15, 0.2) is 0 Å². The highest BCUT2D eigenvalue weighted by Gasteiger charge is 2.29. The molecule has 27 heavy (non-hydrogen) atoms. The van der Waals surface area contributed by atoms with Gasteiger partial charge in [0.1, 0.15) is 5.75 Å². The molecule has 0 radical (unpaired) electrons. The Bertz CT molecular complexity index is 786. The van der Waals surface area contributed by atoms with Gasteiger partial charge in [-0.25, -0.2) is 0 Å². The molecule has 1 aliphatic carbocycles. The minimum Gasteiger partial charge on any atom is -0.494 e. The molecule has 0 aromatic heterocycles. The molecule has 2 aromatic rings. The van der Waals surface area contributed by atoms with Crippen LogP contribution in [0.5, 0.6) is 5.75 Å². The van der Waals surface area contributed by atoms with Crippen LogP contribution in [0.15, 0.2) is 53.4 Å². The number of thioether (sulfide) groups is 1. The molecule has 6 heteroatoms. The zero-order valence-corrected chi connectivity index (χ0v) is 16.3. The maximum Gasteiger partial charge on any atom is 0.237 e. The van der Waals surface area contributed by atoms with E-state index in [0.717, 1.165) is 34.9 Å². The van der Waals surface area contributed by atoms with Crippen molar-refractivity contribution in [1.29, 1.82) is 0 Å². The number of rotatable bonds is 8. The Kier molecular flexibility index (Phi) is 6.40. The fourth-order valence-corrected chi connectivity index (χ4v) is 3.38. The van der Waals surface area contributed by atoms with Crippen LogP contribution in [0.1, 0.15) is 26.7 Å². The van der Waals surface area contributed by atoms with E-state index < -0.39 is 0 Å². The van der Waals surface area contributed by atoms with Gasteiger partial charge in [0.05, 0.1) is 11.9 Å². The molecule has 1 atom stereocenters. The Morgan fingerprint density at radius 1 is 1.04 bits per heavy atom. The molecule has 1 aliphatic rings. The van der Waals surface area contributed by atoms with Gasteiger partial charge in [-0.2, -0.15) is 0 Å². The van der Waals surface area contributed by atoms with Crippen molar-refractivity contribution in [3.63, 3.8) is 0 Å². The van der Waals surface area contributed by atoms with Gasteiger partial charge in [-0.1, -0.05) is 0 Å². The lowest BCUT2D eigenvalue weighted by atomic mass is 10.3. The monoisotopic (exact) mass is 384 g/mol. The minimum atomic E-state index is -0.247. The van der Waals surface area contributed by atoms with Crippen LogP contribution in [0.4, 0.5) is 11.4 Å². The maximum absolute atomic E-state index is 12.4. The van der Waals surface area contributed by atoms with E-state index in [9.17, 15) is 9.59 Å². The lowest BCUT2D eigenvalue weighted by molar-refractivity contribution is -0.117. The van der Waals surface area contributed by atoms with Crippen molar-refractivity contribution in [3.05, 3.63) is 48.5 Å². The number of hydrogen-bond acceptors (Lipinski definition) is 4. The number of hydrogen-bond donors (Lipinski definition) is 2. The predicted molar refractivity (Wildman–Crippen MR) is 109 cm³/mol. The molecule has 1 saturated carbocycles. The molecular weight excluding hydrogens is 360 g/mol. The number of carbonyl (C=O) groups is 2. The summed E-state index contributed by atoms with van der Waals surface area (Å²) < 4.78 is 5.40. The van der Waals surface area contributed by atoms with Gasteiger partial charge in [-0.3, -0.25) is 9.59 Å². The summed E-state index contributed by atoms with van der Waals surface area (Å²) in [5.74, 6) is 1.01. The maximum atomic E-state index is 12.4. The second-order valence-corrected chi connectivity index (χ2v) is 7.91. The van der Waals surface area contributed by atoms with E-state index >= 15 is 0 Å². The second kappa shape index (κ2) is 8.95. The highest BCUT2D eigenvalue weighted by atomic mass is 32.2. The Morgan fingerprint density at radius 3 is 2.22 bits per heavy atom. The number of anilines is 2. The summed E-state index contributed by atoms with van der Waals surface area (Å²) in [6.07, 6.45) is 1.97. The molecule has 1 fully saturated rings. The molecule has 0 spiro atoms. The van der Waals surface area contributed by atoms with Crippen LogP contribution in [0.25, 0.3) is 0 Å². The zero-order valence-electron chi connectivity index (χ0n) is 15.5. The van der Waals surface area contributed by atoms with Crippen LogP contribution in [-0.4, -0.2) is 23.7 Å². The number of nitrogens with one attached hydrogen (secondary N) is 2. The van der Waals surface area contributed by atoms with E-state index in [4.69, 9.17) is 4.74 Å². The summed E-state index contributed by atoms with van der Waals surface area (Å²) in [7, 11) is 0. The molecular formula is C21H24N2O3S. The largest absolute Gasteiger partial charge is 0.494 e. The Hall–Kier alpha value is -2.47.